The Morgan fingerprint density at radius 1 is 1.12 bits per heavy atom. The second-order valence-corrected chi connectivity index (χ2v) is 7.59. The molecule has 1 amide bonds. The van der Waals surface area contributed by atoms with E-state index >= 15 is 0 Å². The van der Waals surface area contributed by atoms with Crippen molar-refractivity contribution >= 4 is 5.91 Å². The normalized spacial score (nSPS) is 21.5. The molecule has 1 saturated carbocycles. The van der Waals surface area contributed by atoms with Gasteiger partial charge in [-0.15, -0.1) is 0 Å². The van der Waals surface area contributed by atoms with Crippen LogP contribution in [0.25, 0.3) is 0 Å². The Morgan fingerprint density at radius 3 is 2.50 bits per heavy atom. The molecule has 5 heteroatoms. The van der Waals surface area contributed by atoms with Crippen molar-refractivity contribution < 1.29 is 9.18 Å². The lowest BCUT2D eigenvalue weighted by Gasteiger charge is -2.32. The van der Waals surface area contributed by atoms with Crippen molar-refractivity contribution in [3.63, 3.8) is 0 Å². The summed E-state index contributed by atoms with van der Waals surface area (Å²) >= 11 is 0. The molecule has 136 valence electrons. The molecule has 2 aliphatic rings. The first kappa shape index (κ1) is 17.2. The average Bonchev–Trinajstić information content (AvgIpc) is 3.38. The van der Waals surface area contributed by atoms with Crippen molar-refractivity contribution in [3.8, 4) is 0 Å². The molecule has 1 aliphatic carbocycles. The zero-order valence-corrected chi connectivity index (χ0v) is 14.8. The zero-order chi connectivity index (χ0) is 18.0. The fraction of sp³-hybridized carbons (Fsp3) is 0.429. The van der Waals surface area contributed by atoms with Gasteiger partial charge in [-0.25, -0.2) is 4.39 Å². The Labute approximate surface area is 153 Å². The van der Waals surface area contributed by atoms with E-state index in [0.29, 0.717) is 6.54 Å². The fourth-order valence-corrected chi connectivity index (χ4v) is 4.09. The minimum Gasteiger partial charge on any atom is -0.352 e. The summed E-state index contributed by atoms with van der Waals surface area (Å²) in [5, 5.41) is 3.07. The van der Waals surface area contributed by atoms with Gasteiger partial charge in [0.15, 0.2) is 0 Å². The Morgan fingerprint density at radius 2 is 1.81 bits per heavy atom. The van der Waals surface area contributed by atoms with Crippen LogP contribution in [0.15, 0.2) is 48.8 Å². The third-order valence-corrected chi connectivity index (χ3v) is 5.89. The Hall–Kier alpha value is -2.27. The number of pyridine rings is 1. The van der Waals surface area contributed by atoms with Gasteiger partial charge in [-0.3, -0.25) is 14.7 Å². The van der Waals surface area contributed by atoms with Crippen LogP contribution in [0.5, 0.6) is 0 Å². The molecule has 2 fully saturated rings. The third-order valence-electron chi connectivity index (χ3n) is 5.89. The number of hydrogen-bond donors (Lipinski definition) is 1. The minimum absolute atomic E-state index is 0.164. The highest BCUT2D eigenvalue weighted by Crippen LogP contribution is 2.59. The highest BCUT2D eigenvalue weighted by Gasteiger charge is 2.58. The molecule has 1 N–H and O–H groups in total. The van der Waals surface area contributed by atoms with E-state index in [2.05, 4.69) is 15.2 Å². The van der Waals surface area contributed by atoms with Crippen molar-refractivity contribution in [3.05, 3.63) is 65.7 Å². The molecular formula is C21H24FN3O. The van der Waals surface area contributed by atoms with E-state index in [4.69, 9.17) is 0 Å². The predicted octanol–water partition coefficient (Wildman–Crippen LogP) is 3.14. The van der Waals surface area contributed by atoms with Crippen LogP contribution in [0.3, 0.4) is 0 Å². The molecule has 0 bridgehead atoms. The molecule has 2 heterocycles. The van der Waals surface area contributed by atoms with Crippen molar-refractivity contribution in [1.82, 2.24) is 15.2 Å². The minimum atomic E-state index is -0.190. The molecule has 1 unspecified atom stereocenters. The first-order chi connectivity index (χ1) is 12.6. The average molecular weight is 353 g/mol. The van der Waals surface area contributed by atoms with E-state index in [1.54, 1.807) is 12.4 Å². The van der Waals surface area contributed by atoms with Gasteiger partial charge >= 0.3 is 0 Å². The number of benzene rings is 1. The maximum absolute atomic E-state index is 13.0. The second-order valence-electron chi connectivity index (χ2n) is 7.59. The summed E-state index contributed by atoms with van der Waals surface area (Å²) in [4.78, 5) is 18.9. The van der Waals surface area contributed by atoms with Gasteiger partial charge in [-0.1, -0.05) is 12.1 Å². The van der Waals surface area contributed by atoms with Crippen molar-refractivity contribution in [2.45, 2.75) is 32.4 Å². The molecule has 1 aromatic carbocycles. The monoisotopic (exact) mass is 353 g/mol. The van der Waals surface area contributed by atoms with Crippen LogP contribution < -0.4 is 5.32 Å². The van der Waals surface area contributed by atoms with Gasteiger partial charge in [0.05, 0.1) is 0 Å². The first-order valence-corrected chi connectivity index (χ1v) is 9.28. The lowest BCUT2D eigenvalue weighted by atomic mass is 9.90. The molecule has 1 spiro atoms. The van der Waals surface area contributed by atoms with Crippen molar-refractivity contribution in [2.75, 3.05) is 13.1 Å². The predicted molar refractivity (Wildman–Crippen MR) is 97.5 cm³/mol. The van der Waals surface area contributed by atoms with Crippen LogP contribution in [-0.4, -0.2) is 28.9 Å². The molecular weight excluding hydrogens is 329 g/mol. The lowest BCUT2D eigenvalue weighted by Crippen LogP contribution is -2.36. The lowest BCUT2D eigenvalue weighted by molar-refractivity contribution is -0.123. The smallest absolute Gasteiger partial charge is 0.223 e. The number of carbonyl (C=O) groups is 1. The zero-order valence-electron chi connectivity index (χ0n) is 14.8. The number of amides is 1. The molecule has 1 aromatic heterocycles. The van der Waals surface area contributed by atoms with Gasteiger partial charge < -0.3 is 5.32 Å². The Kier molecular flexibility index (Phi) is 4.72. The van der Waals surface area contributed by atoms with E-state index in [1.807, 2.05) is 24.3 Å². The summed E-state index contributed by atoms with van der Waals surface area (Å²) in [6.45, 7) is 3.44. The topological polar surface area (TPSA) is 45.2 Å². The standard InChI is InChI=1S/C21H24FN3O/c22-18-3-1-17(2-4-18)15-25-11-7-21(8-12-25)13-19(21)20(26)24-14-16-5-9-23-10-6-16/h1-6,9-10,19H,7-8,11-15H2,(H,24,26). The van der Waals surface area contributed by atoms with Gasteiger partial charge in [0, 0.05) is 31.4 Å². The van der Waals surface area contributed by atoms with Crippen LogP contribution >= 0.6 is 0 Å². The Bertz CT molecular complexity index is 755. The van der Waals surface area contributed by atoms with Gasteiger partial charge in [0.25, 0.3) is 0 Å². The third kappa shape index (κ3) is 3.78. The number of hydrogen-bond acceptors (Lipinski definition) is 3. The molecule has 1 atom stereocenters. The summed E-state index contributed by atoms with van der Waals surface area (Å²) in [6, 6.07) is 10.6. The van der Waals surface area contributed by atoms with Crippen LogP contribution in [0.1, 0.15) is 30.4 Å². The van der Waals surface area contributed by atoms with Gasteiger partial charge in [-0.05, 0) is 73.2 Å². The number of nitrogens with one attached hydrogen (secondary N) is 1. The largest absolute Gasteiger partial charge is 0.352 e. The van der Waals surface area contributed by atoms with Crippen LogP contribution in [0.2, 0.25) is 0 Å². The number of aromatic nitrogens is 1. The fourth-order valence-electron chi connectivity index (χ4n) is 4.09. The molecule has 0 radical (unpaired) electrons. The molecule has 26 heavy (non-hydrogen) atoms. The van der Waals surface area contributed by atoms with Crippen molar-refractivity contribution in [1.29, 1.82) is 0 Å². The highest BCUT2D eigenvalue weighted by atomic mass is 19.1. The number of rotatable bonds is 5. The van der Waals surface area contributed by atoms with Crippen molar-refractivity contribution in [2.24, 2.45) is 11.3 Å². The first-order valence-electron chi connectivity index (χ1n) is 9.28. The number of likely N-dealkylation sites (tertiary alicyclic amines) is 1. The van der Waals surface area contributed by atoms with Crippen LogP contribution in [0.4, 0.5) is 4.39 Å². The summed E-state index contributed by atoms with van der Waals surface area (Å²) in [5.74, 6) is 0.163. The van der Waals surface area contributed by atoms with E-state index in [-0.39, 0.29) is 23.1 Å². The number of nitrogens with zero attached hydrogens (tertiary/aromatic N) is 2. The number of halogens is 1. The van der Waals surface area contributed by atoms with Gasteiger partial charge in [-0.2, -0.15) is 0 Å². The maximum atomic E-state index is 13.0. The highest BCUT2D eigenvalue weighted by molar-refractivity contribution is 5.82. The van der Waals surface area contributed by atoms with E-state index in [9.17, 15) is 9.18 Å². The summed E-state index contributed by atoms with van der Waals surface area (Å²) in [7, 11) is 0. The van der Waals surface area contributed by atoms with Crippen LogP contribution in [0, 0.1) is 17.2 Å². The van der Waals surface area contributed by atoms with E-state index in [1.165, 1.54) is 12.1 Å². The summed E-state index contributed by atoms with van der Waals surface area (Å²) < 4.78 is 13.0. The summed E-state index contributed by atoms with van der Waals surface area (Å²) in [6.07, 6.45) is 6.65. The van der Waals surface area contributed by atoms with E-state index in [0.717, 1.165) is 50.0 Å². The molecule has 1 aliphatic heterocycles. The summed E-state index contributed by atoms with van der Waals surface area (Å²) in [5.41, 5.74) is 2.43. The maximum Gasteiger partial charge on any atom is 0.223 e. The quantitative estimate of drug-likeness (QED) is 0.898. The molecule has 2 aromatic rings. The van der Waals surface area contributed by atoms with Gasteiger partial charge in [0.2, 0.25) is 5.91 Å². The second kappa shape index (κ2) is 7.16. The van der Waals surface area contributed by atoms with Gasteiger partial charge in [0.1, 0.15) is 5.82 Å². The molecule has 1 saturated heterocycles. The number of piperidine rings is 1. The van der Waals surface area contributed by atoms with E-state index < -0.39 is 0 Å². The number of carbonyl (C=O) groups excluding carboxylic acids is 1. The SMILES string of the molecule is O=C(NCc1ccncc1)C1CC12CCN(Cc1ccc(F)cc1)CC2. The Balaban J connectivity index is 1.24. The molecule has 4 rings (SSSR count). The van der Waals surface area contributed by atoms with Crippen LogP contribution in [-0.2, 0) is 17.9 Å². The molecule has 4 nitrogen and oxygen atoms in total.